The lowest BCUT2D eigenvalue weighted by Crippen LogP contribution is -2.12. The van der Waals surface area contributed by atoms with E-state index in [0.717, 1.165) is 22.3 Å². The molecule has 2 heterocycles. The molecule has 0 fully saturated rings. The Balaban J connectivity index is 1.58. The molecule has 0 spiro atoms. The summed E-state index contributed by atoms with van der Waals surface area (Å²) < 4.78 is 1.76. The summed E-state index contributed by atoms with van der Waals surface area (Å²) in [4.78, 5) is 12.5. The van der Waals surface area contributed by atoms with Crippen molar-refractivity contribution in [2.75, 3.05) is 5.32 Å². The van der Waals surface area contributed by atoms with Crippen molar-refractivity contribution >= 4 is 22.5 Å². The maximum absolute atomic E-state index is 12.5. The van der Waals surface area contributed by atoms with E-state index in [0.29, 0.717) is 5.56 Å². The minimum atomic E-state index is -0.174. The highest BCUT2D eigenvalue weighted by molar-refractivity contribution is 6.11. The molecule has 6 heteroatoms. The third kappa shape index (κ3) is 2.46. The molecule has 2 N–H and O–H groups in total. The fourth-order valence-electron chi connectivity index (χ4n) is 2.48. The van der Waals surface area contributed by atoms with Crippen molar-refractivity contribution in [3.63, 3.8) is 0 Å². The Kier molecular flexibility index (Phi) is 3.12. The number of carbonyl (C=O) groups excluding carboxylic acids is 1. The first kappa shape index (κ1) is 13.3. The standard InChI is InChI=1S/C17H13N5O/c23-17(15-4-1-3-12-11-18-21-16(12)15)20-13-5-7-14(8-6-13)22-10-2-9-19-22/h1-11H,(H,18,21)(H,20,23). The van der Waals surface area contributed by atoms with E-state index >= 15 is 0 Å². The molecular weight excluding hydrogens is 290 g/mol. The zero-order valence-corrected chi connectivity index (χ0v) is 12.1. The molecule has 0 aliphatic rings. The number of nitrogens with one attached hydrogen (secondary N) is 2. The van der Waals surface area contributed by atoms with Crippen molar-refractivity contribution in [3.8, 4) is 5.69 Å². The molecule has 0 unspecified atom stereocenters. The van der Waals surface area contributed by atoms with Gasteiger partial charge in [-0.3, -0.25) is 9.89 Å². The van der Waals surface area contributed by atoms with Crippen LogP contribution in [0, 0.1) is 0 Å². The summed E-state index contributed by atoms with van der Waals surface area (Å²) in [6.45, 7) is 0. The van der Waals surface area contributed by atoms with E-state index in [1.54, 1.807) is 23.1 Å². The van der Waals surface area contributed by atoms with Gasteiger partial charge < -0.3 is 5.32 Å². The number of anilines is 1. The lowest BCUT2D eigenvalue weighted by molar-refractivity contribution is 0.102. The van der Waals surface area contributed by atoms with E-state index in [2.05, 4.69) is 20.6 Å². The van der Waals surface area contributed by atoms with Gasteiger partial charge in [-0.2, -0.15) is 10.2 Å². The van der Waals surface area contributed by atoms with E-state index in [9.17, 15) is 4.79 Å². The molecule has 4 rings (SSSR count). The summed E-state index contributed by atoms with van der Waals surface area (Å²) >= 11 is 0. The summed E-state index contributed by atoms with van der Waals surface area (Å²) in [5, 5.41) is 14.8. The quantitative estimate of drug-likeness (QED) is 0.611. The van der Waals surface area contributed by atoms with Crippen molar-refractivity contribution in [1.82, 2.24) is 20.0 Å². The van der Waals surface area contributed by atoms with Gasteiger partial charge in [0.25, 0.3) is 5.91 Å². The van der Waals surface area contributed by atoms with Crippen LogP contribution in [-0.4, -0.2) is 25.9 Å². The van der Waals surface area contributed by atoms with Crippen LogP contribution in [0.2, 0.25) is 0 Å². The van der Waals surface area contributed by atoms with E-state index < -0.39 is 0 Å². The van der Waals surface area contributed by atoms with Gasteiger partial charge in [0, 0.05) is 23.5 Å². The van der Waals surface area contributed by atoms with Gasteiger partial charge in [-0.25, -0.2) is 4.68 Å². The molecule has 6 nitrogen and oxygen atoms in total. The molecule has 1 amide bonds. The van der Waals surface area contributed by atoms with Crippen molar-refractivity contribution < 1.29 is 4.79 Å². The summed E-state index contributed by atoms with van der Waals surface area (Å²) in [5.41, 5.74) is 2.96. The number of H-pyrrole nitrogens is 1. The van der Waals surface area contributed by atoms with Crippen LogP contribution in [0.3, 0.4) is 0 Å². The number of para-hydroxylation sites is 1. The fraction of sp³-hybridized carbons (Fsp3) is 0. The smallest absolute Gasteiger partial charge is 0.257 e. The highest BCUT2D eigenvalue weighted by atomic mass is 16.1. The van der Waals surface area contributed by atoms with Gasteiger partial charge in [-0.15, -0.1) is 0 Å². The van der Waals surface area contributed by atoms with Crippen LogP contribution in [0.15, 0.2) is 67.1 Å². The normalized spacial score (nSPS) is 10.8. The Labute approximate surface area is 131 Å². The summed E-state index contributed by atoms with van der Waals surface area (Å²) in [5.74, 6) is -0.174. The lowest BCUT2D eigenvalue weighted by atomic mass is 10.1. The first-order valence-corrected chi connectivity index (χ1v) is 7.15. The van der Waals surface area contributed by atoms with Gasteiger partial charge in [0.05, 0.1) is 23.0 Å². The predicted octanol–water partition coefficient (Wildman–Crippen LogP) is 3.00. The number of rotatable bonds is 3. The topological polar surface area (TPSA) is 75.6 Å². The number of amides is 1. The van der Waals surface area contributed by atoms with Crippen molar-refractivity contribution in [2.24, 2.45) is 0 Å². The van der Waals surface area contributed by atoms with Crippen molar-refractivity contribution in [3.05, 3.63) is 72.7 Å². The maximum atomic E-state index is 12.5. The molecule has 0 atom stereocenters. The molecule has 2 aromatic carbocycles. The number of aromatic amines is 1. The number of hydrogen-bond acceptors (Lipinski definition) is 3. The molecular formula is C17H13N5O. The van der Waals surface area contributed by atoms with Gasteiger partial charge in [0.15, 0.2) is 0 Å². The van der Waals surface area contributed by atoms with Crippen LogP contribution in [0.1, 0.15) is 10.4 Å². The average molecular weight is 303 g/mol. The molecule has 4 aromatic rings. The molecule has 112 valence electrons. The number of hydrogen-bond donors (Lipinski definition) is 2. The van der Waals surface area contributed by atoms with Crippen LogP contribution in [0.4, 0.5) is 5.69 Å². The van der Waals surface area contributed by atoms with Gasteiger partial charge >= 0.3 is 0 Å². The third-order valence-electron chi connectivity index (χ3n) is 3.62. The Morgan fingerprint density at radius 2 is 1.96 bits per heavy atom. The van der Waals surface area contributed by atoms with Gasteiger partial charge in [-0.1, -0.05) is 12.1 Å². The molecule has 0 radical (unpaired) electrons. The largest absolute Gasteiger partial charge is 0.322 e. The van der Waals surface area contributed by atoms with E-state index in [-0.39, 0.29) is 5.91 Å². The number of nitrogens with zero attached hydrogens (tertiary/aromatic N) is 3. The van der Waals surface area contributed by atoms with Crippen molar-refractivity contribution in [2.45, 2.75) is 0 Å². The highest BCUT2D eigenvalue weighted by Crippen LogP contribution is 2.18. The first-order valence-electron chi connectivity index (χ1n) is 7.15. The second-order valence-electron chi connectivity index (χ2n) is 5.09. The molecule has 0 bridgehead atoms. The third-order valence-corrected chi connectivity index (χ3v) is 3.62. The van der Waals surface area contributed by atoms with Crippen LogP contribution in [0.5, 0.6) is 0 Å². The second kappa shape index (κ2) is 5.42. The van der Waals surface area contributed by atoms with Crippen LogP contribution in [-0.2, 0) is 0 Å². The summed E-state index contributed by atoms with van der Waals surface area (Å²) in [7, 11) is 0. The molecule has 2 aromatic heterocycles. The minimum absolute atomic E-state index is 0.174. The first-order chi connectivity index (χ1) is 11.3. The SMILES string of the molecule is O=C(Nc1ccc(-n2cccn2)cc1)c1cccc2cn[nH]c12. The summed E-state index contributed by atoms with van der Waals surface area (Å²) in [6.07, 6.45) is 5.29. The lowest BCUT2D eigenvalue weighted by Gasteiger charge is -2.07. The van der Waals surface area contributed by atoms with Gasteiger partial charge in [0.1, 0.15) is 0 Å². The minimum Gasteiger partial charge on any atom is -0.322 e. The zero-order chi connectivity index (χ0) is 15.6. The molecule has 0 saturated heterocycles. The van der Waals surface area contributed by atoms with Crippen LogP contribution >= 0.6 is 0 Å². The Bertz CT molecular complexity index is 954. The van der Waals surface area contributed by atoms with Crippen LogP contribution in [0.25, 0.3) is 16.6 Å². The summed E-state index contributed by atoms with van der Waals surface area (Å²) in [6, 6.07) is 14.9. The predicted molar refractivity (Wildman–Crippen MR) is 87.6 cm³/mol. The number of benzene rings is 2. The van der Waals surface area contributed by atoms with Gasteiger partial charge in [-0.05, 0) is 36.4 Å². The van der Waals surface area contributed by atoms with E-state index in [1.165, 1.54) is 0 Å². The van der Waals surface area contributed by atoms with E-state index in [1.807, 2.05) is 48.7 Å². The molecule has 0 aliphatic carbocycles. The van der Waals surface area contributed by atoms with E-state index in [4.69, 9.17) is 0 Å². The highest BCUT2D eigenvalue weighted by Gasteiger charge is 2.11. The number of carbonyl (C=O) groups is 1. The molecule has 0 aliphatic heterocycles. The maximum Gasteiger partial charge on any atom is 0.257 e. The van der Waals surface area contributed by atoms with Gasteiger partial charge in [0.2, 0.25) is 0 Å². The van der Waals surface area contributed by atoms with Crippen molar-refractivity contribution in [1.29, 1.82) is 0 Å². The Hall–Kier alpha value is -3.41. The number of aromatic nitrogens is 4. The fourth-order valence-corrected chi connectivity index (χ4v) is 2.48. The zero-order valence-electron chi connectivity index (χ0n) is 12.1. The second-order valence-corrected chi connectivity index (χ2v) is 5.09. The number of fused-ring (bicyclic) bond motifs is 1. The monoisotopic (exact) mass is 303 g/mol. The van der Waals surface area contributed by atoms with Crippen LogP contribution < -0.4 is 5.32 Å². The Morgan fingerprint density at radius 1 is 1.09 bits per heavy atom. The molecule has 0 saturated carbocycles. The average Bonchev–Trinajstić information content (AvgIpc) is 3.26. The Morgan fingerprint density at radius 3 is 2.74 bits per heavy atom. The molecule has 23 heavy (non-hydrogen) atoms.